The largest absolute Gasteiger partial charge is 0.348 e. The van der Waals surface area contributed by atoms with Crippen molar-refractivity contribution in [1.29, 1.82) is 0 Å². The van der Waals surface area contributed by atoms with Crippen molar-refractivity contribution in [3.05, 3.63) is 69.6 Å². The number of hydrogen-bond donors (Lipinski definition) is 1. The molecule has 1 aliphatic heterocycles. The first-order chi connectivity index (χ1) is 11.5. The van der Waals surface area contributed by atoms with Gasteiger partial charge in [-0.1, -0.05) is 24.3 Å². The van der Waals surface area contributed by atoms with Crippen LogP contribution >= 0.6 is 0 Å². The number of pyridine rings is 1. The van der Waals surface area contributed by atoms with Crippen molar-refractivity contribution in [2.24, 2.45) is 7.05 Å². The van der Waals surface area contributed by atoms with Crippen molar-refractivity contribution in [3.63, 3.8) is 0 Å². The molecule has 2 aromatic rings. The van der Waals surface area contributed by atoms with E-state index in [0.717, 1.165) is 26.1 Å². The molecule has 126 valence electrons. The van der Waals surface area contributed by atoms with Gasteiger partial charge in [0.25, 0.3) is 5.91 Å². The molecule has 1 aromatic heterocycles. The number of nitrogens with one attached hydrogen (secondary N) is 1. The van der Waals surface area contributed by atoms with Crippen LogP contribution in [0.4, 0.5) is 0 Å². The quantitative estimate of drug-likeness (QED) is 0.928. The highest BCUT2D eigenvalue weighted by Gasteiger charge is 2.19. The van der Waals surface area contributed by atoms with Gasteiger partial charge in [-0.3, -0.25) is 14.5 Å². The second-order valence-corrected chi connectivity index (χ2v) is 6.50. The molecule has 1 amide bonds. The number of carbonyl (C=O) groups excluding carboxylic acids is 1. The van der Waals surface area contributed by atoms with Crippen LogP contribution in [0, 0.1) is 0 Å². The highest BCUT2D eigenvalue weighted by Crippen LogP contribution is 2.18. The second kappa shape index (κ2) is 7.01. The number of nitrogens with zero attached hydrogens (tertiary/aromatic N) is 2. The monoisotopic (exact) mass is 325 g/mol. The molecular formula is C19H23N3O2. The fourth-order valence-corrected chi connectivity index (χ4v) is 3.18. The molecule has 1 unspecified atom stereocenters. The number of rotatable bonds is 4. The van der Waals surface area contributed by atoms with Crippen LogP contribution in [0.1, 0.15) is 28.4 Å². The Balaban J connectivity index is 1.58. The van der Waals surface area contributed by atoms with Crippen LogP contribution in [0.25, 0.3) is 0 Å². The van der Waals surface area contributed by atoms with Gasteiger partial charge < -0.3 is 9.88 Å². The molecule has 1 atom stereocenters. The van der Waals surface area contributed by atoms with Crippen LogP contribution in [0.5, 0.6) is 0 Å². The molecule has 3 rings (SSSR count). The Bertz CT molecular complexity index is 797. The van der Waals surface area contributed by atoms with Crippen LogP contribution < -0.4 is 10.9 Å². The summed E-state index contributed by atoms with van der Waals surface area (Å²) in [6.45, 7) is 4.76. The molecule has 0 radical (unpaired) electrons. The average molecular weight is 325 g/mol. The number of benzene rings is 1. The van der Waals surface area contributed by atoms with E-state index in [0.29, 0.717) is 5.56 Å². The summed E-state index contributed by atoms with van der Waals surface area (Å²) >= 11 is 0. The first-order valence-electron chi connectivity index (χ1n) is 8.29. The molecule has 0 fully saturated rings. The fourth-order valence-electron chi connectivity index (χ4n) is 3.18. The predicted octanol–water partition coefficient (Wildman–Crippen LogP) is 1.56. The molecule has 2 heterocycles. The third-order valence-corrected chi connectivity index (χ3v) is 4.47. The maximum atomic E-state index is 12.3. The van der Waals surface area contributed by atoms with Crippen molar-refractivity contribution >= 4 is 5.91 Å². The number of aryl methyl sites for hydroxylation is 1. The molecule has 24 heavy (non-hydrogen) atoms. The number of hydrogen-bond acceptors (Lipinski definition) is 3. The average Bonchev–Trinajstić information content (AvgIpc) is 2.57. The van der Waals surface area contributed by atoms with E-state index in [1.54, 1.807) is 19.3 Å². The first-order valence-corrected chi connectivity index (χ1v) is 8.29. The highest BCUT2D eigenvalue weighted by molar-refractivity contribution is 5.94. The van der Waals surface area contributed by atoms with E-state index in [1.165, 1.54) is 21.8 Å². The van der Waals surface area contributed by atoms with E-state index in [-0.39, 0.29) is 17.5 Å². The molecule has 1 N–H and O–H groups in total. The summed E-state index contributed by atoms with van der Waals surface area (Å²) in [7, 11) is 1.65. The Labute approximate surface area is 141 Å². The maximum Gasteiger partial charge on any atom is 0.253 e. The molecule has 1 aliphatic rings. The van der Waals surface area contributed by atoms with Gasteiger partial charge in [0.2, 0.25) is 5.56 Å². The first kappa shape index (κ1) is 16.5. The molecule has 0 spiro atoms. The minimum Gasteiger partial charge on any atom is -0.348 e. The Hall–Kier alpha value is -2.40. The van der Waals surface area contributed by atoms with E-state index in [2.05, 4.69) is 34.5 Å². The number of aromatic nitrogens is 1. The third-order valence-electron chi connectivity index (χ3n) is 4.47. The summed E-state index contributed by atoms with van der Waals surface area (Å²) < 4.78 is 1.42. The lowest BCUT2D eigenvalue weighted by Gasteiger charge is -2.31. The minimum absolute atomic E-state index is 0.0417. The van der Waals surface area contributed by atoms with E-state index in [1.807, 2.05) is 6.92 Å². The molecule has 1 aromatic carbocycles. The maximum absolute atomic E-state index is 12.3. The van der Waals surface area contributed by atoms with Crippen LogP contribution in [0.15, 0.2) is 47.4 Å². The van der Waals surface area contributed by atoms with Crippen molar-refractivity contribution < 1.29 is 4.79 Å². The van der Waals surface area contributed by atoms with Gasteiger partial charge in [0.05, 0.1) is 5.56 Å². The van der Waals surface area contributed by atoms with E-state index >= 15 is 0 Å². The topological polar surface area (TPSA) is 54.3 Å². The number of fused-ring (bicyclic) bond motifs is 1. The van der Waals surface area contributed by atoms with Crippen LogP contribution in [-0.2, 0) is 20.0 Å². The Kier molecular flexibility index (Phi) is 4.81. The zero-order valence-corrected chi connectivity index (χ0v) is 14.2. The van der Waals surface area contributed by atoms with Crippen LogP contribution in [0.3, 0.4) is 0 Å². The standard InChI is InChI=1S/C19H23N3O2/c1-14(20-19(24)17-7-8-18(23)21(2)12-17)11-22-10-9-15-5-3-4-6-16(15)13-22/h3-8,12,14H,9-11,13H2,1-2H3,(H,20,24). The van der Waals surface area contributed by atoms with Crippen LogP contribution in [-0.4, -0.2) is 34.5 Å². The van der Waals surface area contributed by atoms with Gasteiger partial charge in [-0.05, 0) is 30.5 Å². The lowest BCUT2D eigenvalue weighted by Crippen LogP contribution is -2.43. The minimum atomic E-state index is -0.143. The van der Waals surface area contributed by atoms with Crippen molar-refractivity contribution in [2.45, 2.75) is 25.9 Å². The van der Waals surface area contributed by atoms with Crippen molar-refractivity contribution in [1.82, 2.24) is 14.8 Å². The lowest BCUT2D eigenvalue weighted by molar-refractivity contribution is 0.0926. The Morgan fingerprint density at radius 2 is 1.96 bits per heavy atom. The summed E-state index contributed by atoms with van der Waals surface area (Å²) in [6.07, 6.45) is 2.62. The Morgan fingerprint density at radius 1 is 1.21 bits per heavy atom. The second-order valence-electron chi connectivity index (χ2n) is 6.50. The zero-order valence-electron chi connectivity index (χ0n) is 14.2. The van der Waals surface area contributed by atoms with Gasteiger partial charge >= 0.3 is 0 Å². The Morgan fingerprint density at radius 3 is 2.71 bits per heavy atom. The van der Waals surface area contributed by atoms with Gasteiger partial charge in [0.1, 0.15) is 0 Å². The highest BCUT2D eigenvalue weighted by atomic mass is 16.2. The third kappa shape index (κ3) is 3.74. The van der Waals surface area contributed by atoms with Gasteiger partial charge in [0, 0.05) is 45.0 Å². The summed E-state index contributed by atoms with van der Waals surface area (Å²) in [5, 5.41) is 3.02. The van der Waals surface area contributed by atoms with E-state index < -0.39 is 0 Å². The van der Waals surface area contributed by atoms with Crippen LogP contribution in [0.2, 0.25) is 0 Å². The summed E-state index contributed by atoms with van der Waals surface area (Å²) in [6, 6.07) is 11.6. The number of carbonyl (C=O) groups is 1. The SMILES string of the molecule is CC(CN1CCc2ccccc2C1)NC(=O)c1ccc(=O)n(C)c1. The van der Waals surface area contributed by atoms with Gasteiger partial charge in [-0.2, -0.15) is 0 Å². The van der Waals surface area contributed by atoms with Crippen molar-refractivity contribution in [2.75, 3.05) is 13.1 Å². The molecule has 0 saturated heterocycles. The number of amides is 1. The smallest absolute Gasteiger partial charge is 0.253 e. The van der Waals surface area contributed by atoms with Gasteiger partial charge in [0.15, 0.2) is 0 Å². The normalized spacial score (nSPS) is 15.6. The molecule has 5 nitrogen and oxygen atoms in total. The van der Waals surface area contributed by atoms with Gasteiger partial charge in [-0.25, -0.2) is 0 Å². The molecule has 5 heteroatoms. The summed E-state index contributed by atoms with van der Waals surface area (Å²) in [5.74, 6) is -0.143. The van der Waals surface area contributed by atoms with Gasteiger partial charge in [-0.15, -0.1) is 0 Å². The van der Waals surface area contributed by atoms with Crippen molar-refractivity contribution in [3.8, 4) is 0 Å². The molecule has 0 bridgehead atoms. The summed E-state index contributed by atoms with van der Waals surface area (Å²) in [5.41, 5.74) is 3.19. The van der Waals surface area contributed by atoms with E-state index in [9.17, 15) is 9.59 Å². The fraction of sp³-hybridized carbons (Fsp3) is 0.368. The molecular weight excluding hydrogens is 302 g/mol. The molecule has 0 saturated carbocycles. The zero-order chi connectivity index (χ0) is 17.1. The lowest BCUT2D eigenvalue weighted by atomic mass is 9.99. The van der Waals surface area contributed by atoms with E-state index in [4.69, 9.17) is 0 Å². The summed E-state index contributed by atoms with van der Waals surface area (Å²) in [4.78, 5) is 26.1. The predicted molar refractivity (Wildman–Crippen MR) is 94.0 cm³/mol. The molecule has 0 aliphatic carbocycles.